The minimum Gasteiger partial charge on any atom is -0.372 e. The Balaban J connectivity index is 1.36. The molecule has 1 fully saturated rings. The lowest BCUT2D eigenvalue weighted by Crippen LogP contribution is -2.32. The van der Waals surface area contributed by atoms with Crippen LogP contribution < -0.4 is 15.5 Å². The molecule has 28 heavy (non-hydrogen) atoms. The topological polar surface area (TPSA) is 78.9 Å². The van der Waals surface area contributed by atoms with Gasteiger partial charge in [-0.05, 0) is 54.7 Å². The highest BCUT2D eigenvalue weighted by molar-refractivity contribution is 5.59. The summed E-state index contributed by atoms with van der Waals surface area (Å²) >= 11 is 0. The van der Waals surface area contributed by atoms with E-state index in [0.717, 1.165) is 30.3 Å². The summed E-state index contributed by atoms with van der Waals surface area (Å²) in [6.45, 7) is 5.23. The van der Waals surface area contributed by atoms with Crippen molar-refractivity contribution in [2.45, 2.75) is 26.3 Å². The van der Waals surface area contributed by atoms with Crippen molar-refractivity contribution in [2.24, 2.45) is 5.92 Å². The first-order chi connectivity index (χ1) is 13.8. The first-order valence-corrected chi connectivity index (χ1v) is 9.71. The maximum absolute atomic E-state index is 4.48. The fourth-order valence-corrected chi connectivity index (χ4v) is 3.29. The van der Waals surface area contributed by atoms with E-state index in [1.165, 1.54) is 18.5 Å². The molecule has 1 aliphatic heterocycles. The Hall–Kier alpha value is -3.22. The third kappa shape index (κ3) is 4.73. The predicted octanol–water partition coefficient (Wildman–Crippen LogP) is 3.86. The summed E-state index contributed by atoms with van der Waals surface area (Å²) in [5, 5.41) is 14.6. The van der Waals surface area contributed by atoms with E-state index in [4.69, 9.17) is 0 Å². The van der Waals surface area contributed by atoms with Gasteiger partial charge in [-0.2, -0.15) is 10.1 Å². The molecular weight excluding hydrogens is 350 g/mol. The highest BCUT2D eigenvalue weighted by Gasteiger charge is 2.15. The minimum atomic E-state index is 0.468. The van der Waals surface area contributed by atoms with E-state index in [1.807, 2.05) is 18.3 Å². The predicted molar refractivity (Wildman–Crippen MR) is 112 cm³/mol. The summed E-state index contributed by atoms with van der Waals surface area (Å²) in [5.41, 5.74) is 3.29. The first kappa shape index (κ1) is 18.2. The van der Waals surface area contributed by atoms with Gasteiger partial charge in [-0.1, -0.05) is 13.0 Å². The van der Waals surface area contributed by atoms with E-state index in [2.05, 4.69) is 66.9 Å². The van der Waals surface area contributed by atoms with Gasteiger partial charge in [-0.3, -0.25) is 4.98 Å². The van der Waals surface area contributed by atoms with E-state index in [9.17, 15) is 0 Å². The molecule has 0 amide bonds. The molecule has 3 aromatic rings. The van der Waals surface area contributed by atoms with Crippen LogP contribution in [0.1, 0.15) is 25.3 Å². The number of aromatic nitrogens is 4. The van der Waals surface area contributed by atoms with Gasteiger partial charge in [-0.25, -0.2) is 0 Å². The Morgan fingerprint density at radius 1 is 1.07 bits per heavy atom. The molecule has 3 heterocycles. The van der Waals surface area contributed by atoms with Gasteiger partial charge in [0.1, 0.15) is 0 Å². The van der Waals surface area contributed by atoms with Gasteiger partial charge in [0.25, 0.3) is 0 Å². The molecule has 0 atom stereocenters. The molecule has 2 N–H and O–H groups in total. The Morgan fingerprint density at radius 2 is 1.89 bits per heavy atom. The summed E-state index contributed by atoms with van der Waals surface area (Å²) < 4.78 is 0. The van der Waals surface area contributed by atoms with Crippen LogP contribution in [0.3, 0.4) is 0 Å². The Labute approximate surface area is 165 Å². The van der Waals surface area contributed by atoms with E-state index in [1.54, 1.807) is 12.4 Å². The Kier molecular flexibility index (Phi) is 5.61. The lowest BCUT2D eigenvalue weighted by molar-refractivity contribution is 0.438. The van der Waals surface area contributed by atoms with Gasteiger partial charge >= 0.3 is 0 Å². The van der Waals surface area contributed by atoms with Gasteiger partial charge < -0.3 is 15.5 Å². The van der Waals surface area contributed by atoms with Crippen LogP contribution in [0.2, 0.25) is 0 Å². The summed E-state index contributed by atoms with van der Waals surface area (Å²) in [4.78, 5) is 11.0. The smallest absolute Gasteiger partial charge is 0.249 e. The normalized spacial score (nSPS) is 14.7. The summed E-state index contributed by atoms with van der Waals surface area (Å²) in [5.74, 6) is 1.97. The number of pyridine rings is 1. The molecule has 0 radical (unpaired) electrons. The lowest BCUT2D eigenvalue weighted by Gasteiger charge is -2.32. The van der Waals surface area contributed by atoms with Crippen LogP contribution in [0.25, 0.3) is 0 Å². The molecule has 0 saturated carbocycles. The molecule has 7 heteroatoms. The van der Waals surface area contributed by atoms with Crippen LogP contribution in [0.4, 0.5) is 23.1 Å². The van der Waals surface area contributed by atoms with Crippen molar-refractivity contribution in [3.63, 3.8) is 0 Å². The zero-order valence-corrected chi connectivity index (χ0v) is 16.0. The minimum absolute atomic E-state index is 0.468. The number of benzene rings is 1. The Bertz CT molecular complexity index is 875. The van der Waals surface area contributed by atoms with Crippen LogP contribution in [0, 0.1) is 5.92 Å². The molecule has 0 bridgehead atoms. The van der Waals surface area contributed by atoms with Gasteiger partial charge in [0.05, 0.1) is 6.20 Å². The molecule has 1 aromatic carbocycles. The fourth-order valence-electron chi connectivity index (χ4n) is 3.29. The quantitative estimate of drug-likeness (QED) is 0.677. The van der Waals surface area contributed by atoms with Crippen LogP contribution in [0.15, 0.2) is 55.0 Å². The van der Waals surface area contributed by atoms with Gasteiger partial charge in [-0.15, -0.1) is 5.10 Å². The van der Waals surface area contributed by atoms with Crippen LogP contribution >= 0.6 is 0 Å². The third-order valence-corrected chi connectivity index (χ3v) is 5.03. The van der Waals surface area contributed by atoms with Crippen molar-refractivity contribution in [3.8, 4) is 0 Å². The number of hydrogen-bond acceptors (Lipinski definition) is 7. The lowest BCUT2D eigenvalue weighted by atomic mass is 9.99. The zero-order chi connectivity index (χ0) is 19.2. The summed E-state index contributed by atoms with van der Waals surface area (Å²) in [7, 11) is 0. The van der Waals surface area contributed by atoms with Crippen molar-refractivity contribution in [3.05, 3.63) is 60.6 Å². The van der Waals surface area contributed by atoms with E-state index in [-0.39, 0.29) is 0 Å². The van der Waals surface area contributed by atoms with Crippen molar-refractivity contribution < 1.29 is 0 Å². The van der Waals surface area contributed by atoms with E-state index < -0.39 is 0 Å². The maximum atomic E-state index is 4.48. The molecule has 144 valence electrons. The largest absolute Gasteiger partial charge is 0.372 e. The van der Waals surface area contributed by atoms with Crippen LogP contribution in [-0.4, -0.2) is 33.3 Å². The molecule has 0 unspecified atom stereocenters. The van der Waals surface area contributed by atoms with Gasteiger partial charge in [0, 0.05) is 43.4 Å². The number of nitrogens with zero attached hydrogens (tertiary/aromatic N) is 5. The number of rotatable bonds is 6. The molecule has 1 saturated heterocycles. The molecule has 1 aliphatic rings. The molecule has 2 aromatic heterocycles. The number of anilines is 4. The fraction of sp³-hybridized carbons (Fsp3) is 0.333. The SMILES string of the molecule is CC1CCN(c2ccc(Nc3nncc(NCc4cccnc4)n3)cc2)CC1. The second kappa shape index (κ2) is 8.65. The summed E-state index contributed by atoms with van der Waals surface area (Å²) in [6, 6.07) is 12.3. The first-order valence-electron chi connectivity index (χ1n) is 9.71. The average molecular weight is 375 g/mol. The third-order valence-electron chi connectivity index (χ3n) is 5.03. The second-order valence-electron chi connectivity index (χ2n) is 7.22. The second-order valence-corrected chi connectivity index (χ2v) is 7.22. The van der Waals surface area contributed by atoms with Crippen LogP contribution in [0.5, 0.6) is 0 Å². The van der Waals surface area contributed by atoms with Crippen molar-refractivity contribution >= 4 is 23.1 Å². The van der Waals surface area contributed by atoms with E-state index in [0.29, 0.717) is 18.3 Å². The average Bonchev–Trinajstić information content (AvgIpc) is 2.75. The van der Waals surface area contributed by atoms with Gasteiger partial charge in [0.15, 0.2) is 5.82 Å². The molecule has 0 spiro atoms. The highest BCUT2D eigenvalue weighted by Crippen LogP contribution is 2.25. The van der Waals surface area contributed by atoms with Crippen molar-refractivity contribution in [1.82, 2.24) is 20.2 Å². The number of nitrogens with one attached hydrogen (secondary N) is 2. The van der Waals surface area contributed by atoms with Crippen molar-refractivity contribution in [1.29, 1.82) is 0 Å². The maximum Gasteiger partial charge on any atom is 0.249 e. The van der Waals surface area contributed by atoms with Crippen LogP contribution in [-0.2, 0) is 6.54 Å². The van der Waals surface area contributed by atoms with Crippen molar-refractivity contribution in [2.75, 3.05) is 28.6 Å². The zero-order valence-electron chi connectivity index (χ0n) is 16.0. The molecule has 4 rings (SSSR count). The number of piperidine rings is 1. The Morgan fingerprint density at radius 3 is 2.64 bits per heavy atom. The summed E-state index contributed by atoms with van der Waals surface area (Å²) in [6.07, 6.45) is 7.72. The molecule has 7 nitrogen and oxygen atoms in total. The van der Waals surface area contributed by atoms with Gasteiger partial charge in [0.2, 0.25) is 5.95 Å². The standard InChI is InChI=1S/C21H25N7/c1-16-8-11-28(12-9-16)19-6-4-18(5-7-19)25-21-26-20(15-24-27-21)23-14-17-3-2-10-22-13-17/h2-7,10,13,15-16H,8-9,11-12,14H2,1H3,(H2,23,25,26,27). The monoisotopic (exact) mass is 375 g/mol. The molecule has 0 aliphatic carbocycles. The number of hydrogen-bond donors (Lipinski definition) is 2. The highest BCUT2D eigenvalue weighted by atomic mass is 15.3. The molecular formula is C21H25N7. The van der Waals surface area contributed by atoms with E-state index >= 15 is 0 Å².